The highest BCUT2D eigenvalue weighted by molar-refractivity contribution is 7.92. The summed E-state index contributed by atoms with van der Waals surface area (Å²) in [5.74, 6) is -1.56. The maximum atomic E-state index is 13.5. The number of carbonyl (C=O) groups excluding carboxylic acids is 3. The minimum atomic E-state index is -4.10. The fraction of sp³-hybridized carbons (Fsp3) is 0.323. The topological polar surface area (TPSA) is 119 Å². The minimum absolute atomic E-state index is 0.0192. The monoisotopic (exact) mass is 644 g/mol. The summed E-state index contributed by atoms with van der Waals surface area (Å²) in [6.07, 6.45) is 2.64. The van der Waals surface area contributed by atoms with Crippen LogP contribution in [0.5, 0.6) is 0 Å². The number of hydrogen-bond donors (Lipinski definition) is 1. The van der Waals surface area contributed by atoms with E-state index in [-0.39, 0.29) is 23.6 Å². The van der Waals surface area contributed by atoms with E-state index in [1.807, 2.05) is 0 Å². The van der Waals surface area contributed by atoms with Crippen LogP contribution in [0.3, 0.4) is 0 Å². The zero-order chi connectivity index (χ0) is 31.3. The molecule has 1 N–H and O–H groups in total. The first-order valence-electron chi connectivity index (χ1n) is 13.8. The van der Waals surface area contributed by atoms with Gasteiger partial charge >= 0.3 is 11.9 Å². The van der Waals surface area contributed by atoms with E-state index in [9.17, 15) is 22.8 Å². The molecule has 0 spiro atoms. The van der Waals surface area contributed by atoms with Crippen molar-refractivity contribution in [2.75, 3.05) is 22.8 Å². The number of esters is 2. The number of hydrogen-bond acceptors (Lipinski definition) is 8. The van der Waals surface area contributed by atoms with Gasteiger partial charge in [-0.1, -0.05) is 30.7 Å². The highest BCUT2D eigenvalue weighted by Crippen LogP contribution is 2.40. The molecule has 12 heteroatoms. The lowest BCUT2D eigenvalue weighted by atomic mass is 9.88. The standard InChI is InChI=1S/C31H33ClN2O7S2/c1-5-16-34(23-13-11-22(32)12-14-23)43(38,39)24-9-7-8-21(18-24)30(36)41-20(4)28(35)33-29-27(31(37)40-6-2)25-15-10-19(3)17-26(25)42-29/h5,7-9,11-14,18-20H,1,6,10,15-17H2,2-4H3,(H,33,35)/t19-,20-/m1/s1. The van der Waals surface area contributed by atoms with Gasteiger partial charge in [0.15, 0.2) is 6.10 Å². The summed E-state index contributed by atoms with van der Waals surface area (Å²) in [6, 6.07) is 11.7. The van der Waals surface area contributed by atoms with Crippen LogP contribution in [0.15, 0.2) is 66.1 Å². The molecular weight excluding hydrogens is 612 g/mol. The van der Waals surface area contributed by atoms with Crippen molar-refractivity contribution in [2.24, 2.45) is 5.92 Å². The molecular formula is C31H33ClN2O7S2. The molecule has 1 aliphatic carbocycles. The summed E-state index contributed by atoms with van der Waals surface area (Å²) in [4.78, 5) is 39.8. The first-order chi connectivity index (χ1) is 20.5. The number of halogens is 1. The summed E-state index contributed by atoms with van der Waals surface area (Å²) in [6.45, 7) is 9.09. The fourth-order valence-electron chi connectivity index (χ4n) is 4.73. The Morgan fingerprint density at radius 2 is 1.91 bits per heavy atom. The van der Waals surface area contributed by atoms with Gasteiger partial charge in [-0.05, 0) is 87.1 Å². The molecule has 1 heterocycles. The largest absolute Gasteiger partial charge is 0.462 e. The predicted octanol–water partition coefficient (Wildman–Crippen LogP) is 6.27. The van der Waals surface area contributed by atoms with Gasteiger partial charge in [0.1, 0.15) is 5.00 Å². The predicted molar refractivity (Wildman–Crippen MR) is 168 cm³/mol. The molecule has 228 valence electrons. The number of thiophene rings is 1. The molecule has 0 fully saturated rings. The third-order valence-corrected chi connectivity index (χ3v) is 10.2. The molecule has 2 aromatic carbocycles. The lowest BCUT2D eigenvalue weighted by molar-refractivity contribution is -0.123. The van der Waals surface area contributed by atoms with E-state index in [4.69, 9.17) is 21.1 Å². The van der Waals surface area contributed by atoms with Gasteiger partial charge in [0.05, 0.1) is 34.9 Å². The molecule has 1 amide bonds. The van der Waals surface area contributed by atoms with Crippen molar-refractivity contribution in [3.8, 4) is 0 Å². The first kappa shape index (κ1) is 32.2. The second-order valence-corrected chi connectivity index (χ2v) is 13.5. The van der Waals surface area contributed by atoms with Gasteiger partial charge in [-0.3, -0.25) is 9.10 Å². The summed E-state index contributed by atoms with van der Waals surface area (Å²) >= 11 is 7.30. The Balaban J connectivity index is 1.52. The van der Waals surface area contributed by atoms with Gasteiger partial charge in [0, 0.05) is 9.90 Å². The second-order valence-electron chi connectivity index (χ2n) is 10.1. The average Bonchev–Trinajstić information content (AvgIpc) is 3.33. The average molecular weight is 645 g/mol. The quantitative estimate of drug-likeness (QED) is 0.193. The number of nitrogens with zero attached hydrogens (tertiary/aromatic N) is 1. The zero-order valence-corrected chi connectivity index (χ0v) is 26.5. The number of sulfonamides is 1. The number of fused-ring (bicyclic) bond motifs is 1. The van der Waals surface area contributed by atoms with Crippen molar-refractivity contribution in [3.63, 3.8) is 0 Å². The van der Waals surface area contributed by atoms with Crippen LogP contribution in [-0.4, -0.2) is 45.5 Å². The molecule has 3 aromatic rings. The lowest BCUT2D eigenvalue weighted by Gasteiger charge is -2.23. The number of ether oxygens (including phenoxy) is 2. The highest BCUT2D eigenvalue weighted by Gasteiger charge is 2.31. The van der Waals surface area contributed by atoms with Crippen LogP contribution in [0.4, 0.5) is 10.7 Å². The Kier molecular flexibility index (Phi) is 10.3. The van der Waals surface area contributed by atoms with Crippen molar-refractivity contribution < 1.29 is 32.3 Å². The summed E-state index contributed by atoms with van der Waals surface area (Å²) in [7, 11) is -4.10. The molecule has 4 rings (SSSR count). The number of rotatable bonds is 11. The molecule has 0 aliphatic heterocycles. The van der Waals surface area contributed by atoms with Gasteiger partial charge < -0.3 is 14.8 Å². The molecule has 1 aliphatic rings. The SMILES string of the molecule is C=CCN(c1ccc(Cl)cc1)S(=O)(=O)c1cccc(C(=O)O[C@H](C)C(=O)Nc2sc3c(c2C(=O)OCC)CC[C@@H](C)C3)c1. The van der Waals surface area contributed by atoms with E-state index in [0.717, 1.165) is 27.6 Å². The van der Waals surface area contributed by atoms with Crippen LogP contribution in [-0.2, 0) is 37.1 Å². The zero-order valence-electron chi connectivity index (χ0n) is 24.1. The number of anilines is 2. The van der Waals surface area contributed by atoms with Crippen molar-refractivity contribution >= 4 is 61.5 Å². The Hall–Kier alpha value is -3.67. The second kappa shape index (κ2) is 13.7. The van der Waals surface area contributed by atoms with Gasteiger partial charge in [-0.2, -0.15) is 0 Å². The molecule has 43 heavy (non-hydrogen) atoms. The third kappa shape index (κ3) is 7.29. The molecule has 0 saturated carbocycles. The Morgan fingerprint density at radius 3 is 2.58 bits per heavy atom. The molecule has 9 nitrogen and oxygen atoms in total. The molecule has 1 aromatic heterocycles. The number of benzene rings is 2. The van der Waals surface area contributed by atoms with Crippen LogP contribution in [0.1, 0.15) is 58.3 Å². The smallest absolute Gasteiger partial charge is 0.341 e. The Morgan fingerprint density at radius 1 is 1.19 bits per heavy atom. The van der Waals surface area contributed by atoms with Crippen LogP contribution in [0, 0.1) is 5.92 Å². The van der Waals surface area contributed by atoms with E-state index in [0.29, 0.717) is 33.6 Å². The molecule has 0 saturated heterocycles. The molecule has 0 unspecified atom stereocenters. The normalized spacial score (nSPS) is 15.1. The van der Waals surface area contributed by atoms with Gasteiger partial charge in [-0.15, -0.1) is 17.9 Å². The highest BCUT2D eigenvalue weighted by atomic mass is 35.5. The van der Waals surface area contributed by atoms with E-state index in [1.54, 1.807) is 31.2 Å². The number of nitrogens with one attached hydrogen (secondary N) is 1. The number of carbonyl (C=O) groups is 3. The Bertz CT molecular complexity index is 1630. The van der Waals surface area contributed by atoms with Gasteiger partial charge in [0.2, 0.25) is 0 Å². The minimum Gasteiger partial charge on any atom is -0.462 e. The Labute approximate surface area is 260 Å². The lowest BCUT2D eigenvalue weighted by Crippen LogP contribution is -2.32. The maximum Gasteiger partial charge on any atom is 0.341 e. The molecule has 2 atom stereocenters. The fourth-order valence-corrected chi connectivity index (χ4v) is 7.74. The molecule has 0 bridgehead atoms. The van der Waals surface area contributed by atoms with Crippen LogP contribution in [0.25, 0.3) is 0 Å². The van der Waals surface area contributed by atoms with E-state index in [1.165, 1.54) is 48.6 Å². The van der Waals surface area contributed by atoms with Crippen molar-refractivity contribution in [1.82, 2.24) is 0 Å². The van der Waals surface area contributed by atoms with E-state index >= 15 is 0 Å². The van der Waals surface area contributed by atoms with Crippen LogP contribution in [0.2, 0.25) is 5.02 Å². The van der Waals surface area contributed by atoms with Crippen molar-refractivity contribution in [1.29, 1.82) is 0 Å². The third-order valence-electron chi connectivity index (χ3n) is 6.95. The van der Waals surface area contributed by atoms with Gasteiger partial charge in [-0.25, -0.2) is 18.0 Å². The van der Waals surface area contributed by atoms with Crippen LogP contribution < -0.4 is 9.62 Å². The maximum absolute atomic E-state index is 13.5. The molecule has 0 radical (unpaired) electrons. The van der Waals surface area contributed by atoms with Gasteiger partial charge in [0.25, 0.3) is 15.9 Å². The van der Waals surface area contributed by atoms with E-state index in [2.05, 4.69) is 18.8 Å². The summed E-state index contributed by atoms with van der Waals surface area (Å²) < 4.78 is 38.9. The van der Waals surface area contributed by atoms with Crippen molar-refractivity contribution in [2.45, 2.75) is 51.0 Å². The number of amides is 1. The van der Waals surface area contributed by atoms with Crippen LogP contribution >= 0.6 is 22.9 Å². The first-order valence-corrected chi connectivity index (χ1v) is 16.4. The van der Waals surface area contributed by atoms with E-state index < -0.39 is 34.0 Å². The summed E-state index contributed by atoms with van der Waals surface area (Å²) in [5.41, 5.74) is 1.56. The summed E-state index contributed by atoms with van der Waals surface area (Å²) in [5, 5.41) is 3.56. The van der Waals surface area contributed by atoms with Crippen molar-refractivity contribution in [3.05, 3.63) is 87.8 Å².